The Labute approximate surface area is 116 Å². The standard InChI is InChI=1S/C12H11F3O4S/c1-2-19-10(16)6-20-9-4-3-7(12(13,14)15)5-8(9)11(17)18/h3-5H,2,6H2,1H3,(H,17,18). The number of hydrogen-bond donors (Lipinski definition) is 1. The number of benzene rings is 1. The van der Waals surface area contributed by atoms with Crippen molar-refractivity contribution in [2.24, 2.45) is 0 Å². The summed E-state index contributed by atoms with van der Waals surface area (Å²) in [5.74, 6) is -2.21. The average Bonchev–Trinajstić information content (AvgIpc) is 2.35. The molecule has 0 saturated carbocycles. The number of carboxylic acid groups (broad SMARTS) is 1. The molecule has 0 aromatic heterocycles. The minimum Gasteiger partial charge on any atom is -0.478 e. The number of alkyl halides is 3. The van der Waals surface area contributed by atoms with Crippen LogP contribution in [0.15, 0.2) is 23.1 Å². The van der Waals surface area contributed by atoms with E-state index in [2.05, 4.69) is 4.74 Å². The highest BCUT2D eigenvalue weighted by Gasteiger charge is 2.31. The maximum Gasteiger partial charge on any atom is 0.416 e. The molecule has 0 aliphatic heterocycles. The number of ether oxygens (including phenoxy) is 1. The number of halogens is 3. The quantitative estimate of drug-likeness (QED) is 0.669. The van der Waals surface area contributed by atoms with E-state index >= 15 is 0 Å². The molecule has 0 fully saturated rings. The van der Waals surface area contributed by atoms with E-state index in [0.717, 1.165) is 23.9 Å². The van der Waals surface area contributed by atoms with Gasteiger partial charge in [-0.25, -0.2) is 4.79 Å². The smallest absolute Gasteiger partial charge is 0.416 e. The van der Waals surface area contributed by atoms with Gasteiger partial charge < -0.3 is 9.84 Å². The fourth-order valence-electron chi connectivity index (χ4n) is 1.34. The Hall–Kier alpha value is -1.70. The second-order valence-corrected chi connectivity index (χ2v) is 4.62. The Kier molecular flexibility index (Phi) is 5.43. The van der Waals surface area contributed by atoms with Crippen molar-refractivity contribution in [1.82, 2.24) is 0 Å². The van der Waals surface area contributed by atoms with Gasteiger partial charge in [-0.15, -0.1) is 11.8 Å². The lowest BCUT2D eigenvalue weighted by Crippen LogP contribution is -2.10. The van der Waals surface area contributed by atoms with Crippen LogP contribution in [0.2, 0.25) is 0 Å². The van der Waals surface area contributed by atoms with Crippen LogP contribution in [0.3, 0.4) is 0 Å². The van der Waals surface area contributed by atoms with Crippen LogP contribution in [0.4, 0.5) is 13.2 Å². The maximum atomic E-state index is 12.5. The number of carbonyl (C=O) groups is 2. The van der Waals surface area contributed by atoms with Gasteiger partial charge >= 0.3 is 18.1 Å². The topological polar surface area (TPSA) is 63.6 Å². The molecule has 1 aromatic carbocycles. The minimum absolute atomic E-state index is 0.0820. The third-order valence-electron chi connectivity index (χ3n) is 2.19. The van der Waals surface area contributed by atoms with Crippen LogP contribution in [0.25, 0.3) is 0 Å². The van der Waals surface area contributed by atoms with Gasteiger partial charge in [0.05, 0.1) is 23.5 Å². The zero-order valence-corrected chi connectivity index (χ0v) is 11.2. The van der Waals surface area contributed by atoms with Crippen LogP contribution in [0, 0.1) is 0 Å². The average molecular weight is 308 g/mol. The van der Waals surface area contributed by atoms with E-state index in [1.165, 1.54) is 0 Å². The van der Waals surface area contributed by atoms with Crippen LogP contribution in [-0.2, 0) is 15.7 Å². The maximum absolute atomic E-state index is 12.5. The first-order chi connectivity index (χ1) is 9.25. The highest BCUT2D eigenvalue weighted by molar-refractivity contribution is 8.00. The van der Waals surface area contributed by atoms with Crippen molar-refractivity contribution in [3.05, 3.63) is 29.3 Å². The Bertz CT molecular complexity index is 514. The Morgan fingerprint density at radius 3 is 2.50 bits per heavy atom. The van der Waals surface area contributed by atoms with Crippen LogP contribution < -0.4 is 0 Å². The fourth-order valence-corrected chi connectivity index (χ4v) is 2.16. The minimum atomic E-state index is -4.62. The Balaban J connectivity index is 2.97. The predicted octanol–water partition coefficient (Wildman–Crippen LogP) is 3.06. The number of thioether (sulfide) groups is 1. The monoisotopic (exact) mass is 308 g/mol. The molecule has 1 N–H and O–H groups in total. The molecule has 0 aliphatic rings. The van der Waals surface area contributed by atoms with Crippen molar-refractivity contribution in [2.45, 2.75) is 18.0 Å². The first-order valence-electron chi connectivity index (χ1n) is 5.48. The Morgan fingerprint density at radius 1 is 1.35 bits per heavy atom. The summed E-state index contributed by atoms with van der Waals surface area (Å²) >= 11 is 0.820. The van der Waals surface area contributed by atoms with Crippen molar-refractivity contribution < 1.29 is 32.6 Å². The van der Waals surface area contributed by atoms with Crippen LogP contribution in [0.1, 0.15) is 22.8 Å². The van der Waals surface area contributed by atoms with E-state index < -0.39 is 29.2 Å². The SMILES string of the molecule is CCOC(=O)CSc1ccc(C(F)(F)F)cc1C(=O)O. The first-order valence-corrected chi connectivity index (χ1v) is 6.47. The van der Waals surface area contributed by atoms with Gasteiger partial charge in [0.1, 0.15) is 0 Å². The van der Waals surface area contributed by atoms with Crippen molar-refractivity contribution in [3.8, 4) is 0 Å². The van der Waals surface area contributed by atoms with Crippen LogP contribution in [-0.4, -0.2) is 29.4 Å². The van der Waals surface area contributed by atoms with Crippen LogP contribution >= 0.6 is 11.8 Å². The van der Waals surface area contributed by atoms with Gasteiger partial charge in [0.25, 0.3) is 0 Å². The highest BCUT2D eigenvalue weighted by atomic mass is 32.2. The lowest BCUT2D eigenvalue weighted by atomic mass is 10.1. The molecule has 0 aliphatic carbocycles. The van der Waals surface area contributed by atoms with Gasteiger partial charge in [-0.1, -0.05) is 0 Å². The van der Waals surface area contributed by atoms with E-state index in [1.54, 1.807) is 6.92 Å². The highest BCUT2D eigenvalue weighted by Crippen LogP contribution is 2.33. The molecule has 0 amide bonds. The lowest BCUT2D eigenvalue weighted by Gasteiger charge is -2.10. The summed E-state index contributed by atoms with van der Waals surface area (Å²) in [5, 5.41) is 8.93. The van der Waals surface area contributed by atoms with E-state index in [0.29, 0.717) is 6.07 Å². The first kappa shape index (κ1) is 16.4. The van der Waals surface area contributed by atoms with E-state index in [9.17, 15) is 22.8 Å². The fraction of sp³-hybridized carbons (Fsp3) is 0.333. The van der Waals surface area contributed by atoms with Gasteiger partial charge in [-0.2, -0.15) is 13.2 Å². The normalized spacial score (nSPS) is 11.2. The van der Waals surface area contributed by atoms with Crippen molar-refractivity contribution >= 4 is 23.7 Å². The number of carbonyl (C=O) groups excluding carboxylic acids is 1. The van der Waals surface area contributed by atoms with Gasteiger partial charge in [0.15, 0.2) is 0 Å². The Morgan fingerprint density at radius 2 is 2.00 bits per heavy atom. The van der Waals surface area contributed by atoms with Crippen molar-refractivity contribution in [2.75, 3.05) is 12.4 Å². The second kappa shape index (κ2) is 6.65. The van der Waals surface area contributed by atoms with Crippen LogP contribution in [0.5, 0.6) is 0 Å². The molecule has 1 aromatic rings. The number of rotatable bonds is 5. The molecule has 0 atom stereocenters. The molecule has 0 heterocycles. The van der Waals surface area contributed by atoms with Gasteiger partial charge in [-0.3, -0.25) is 4.79 Å². The second-order valence-electron chi connectivity index (χ2n) is 3.61. The summed E-state index contributed by atoms with van der Waals surface area (Å²) < 4.78 is 42.2. The molecule has 1 rings (SSSR count). The number of carboxylic acids is 1. The molecule has 20 heavy (non-hydrogen) atoms. The number of esters is 1. The third-order valence-corrected chi connectivity index (χ3v) is 3.24. The van der Waals surface area contributed by atoms with Crippen molar-refractivity contribution in [1.29, 1.82) is 0 Å². The summed E-state index contributed by atoms with van der Waals surface area (Å²) in [6.45, 7) is 1.79. The summed E-state index contributed by atoms with van der Waals surface area (Å²) in [4.78, 5) is 22.2. The summed E-state index contributed by atoms with van der Waals surface area (Å²) in [6, 6.07) is 2.37. The van der Waals surface area contributed by atoms with Gasteiger partial charge in [-0.05, 0) is 25.1 Å². The largest absolute Gasteiger partial charge is 0.478 e. The molecular weight excluding hydrogens is 297 g/mol. The number of aromatic carboxylic acids is 1. The molecule has 0 bridgehead atoms. The molecule has 0 spiro atoms. The molecular formula is C12H11F3O4S. The van der Waals surface area contributed by atoms with Gasteiger partial charge in [0, 0.05) is 4.90 Å². The third kappa shape index (κ3) is 4.44. The zero-order valence-electron chi connectivity index (χ0n) is 10.4. The summed E-state index contributed by atoms with van der Waals surface area (Å²) in [5.41, 5.74) is -1.54. The summed E-state index contributed by atoms with van der Waals surface area (Å²) in [7, 11) is 0. The summed E-state index contributed by atoms with van der Waals surface area (Å²) in [6.07, 6.45) is -4.62. The molecule has 0 radical (unpaired) electrons. The molecule has 8 heteroatoms. The van der Waals surface area contributed by atoms with Crippen molar-refractivity contribution in [3.63, 3.8) is 0 Å². The molecule has 0 unspecified atom stereocenters. The van der Waals surface area contributed by atoms with E-state index in [4.69, 9.17) is 5.11 Å². The van der Waals surface area contributed by atoms with Gasteiger partial charge in [0.2, 0.25) is 0 Å². The predicted molar refractivity (Wildman–Crippen MR) is 65.8 cm³/mol. The lowest BCUT2D eigenvalue weighted by molar-refractivity contribution is -0.140. The molecule has 4 nitrogen and oxygen atoms in total. The zero-order chi connectivity index (χ0) is 15.3. The van der Waals surface area contributed by atoms with E-state index in [1.807, 2.05) is 0 Å². The molecule has 0 saturated heterocycles. The molecule has 110 valence electrons. The number of hydrogen-bond acceptors (Lipinski definition) is 4. The van der Waals surface area contributed by atoms with E-state index in [-0.39, 0.29) is 17.3 Å².